The van der Waals surface area contributed by atoms with Gasteiger partial charge < -0.3 is 0 Å². The Labute approximate surface area is 107 Å². The minimum Gasteiger partial charge on any atom is -0.276 e. The number of nitrogens with two attached hydrogens (primary N) is 1. The molecule has 0 aliphatic carbocycles. The lowest BCUT2D eigenvalue weighted by molar-refractivity contribution is 0.484. The Morgan fingerprint density at radius 2 is 2.33 bits per heavy atom. The van der Waals surface area contributed by atoms with Gasteiger partial charge in [-0.2, -0.15) is 5.10 Å². The predicted octanol–water partition coefficient (Wildman–Crippen LogP) is 0.822. The maximum Gasteiger partial charge on any atom is 0.0640 e. The summed E-state index contributed by atoms with van der Waals surface area (Å²) in [6.07, 6.45) is 8.42. The summed E-state index contributed by atoms with van der Waals surface area (Å²) in [5.74, 6) is 5.59. The van der Waals surface area contributed by atoms with Crippen molar-refractivity contribution in [3.8, 4) is 0 Å². The lowest BCUT2D eigenvalue weighted by Crippen LogP contribution is -2.37. The molecule has 0 aliphatic rings. The molecule has 0 amide bonds. The van der Waals surface area contributed by atoms with Gasteiger partial charge in [0.2, 0.25) is 0 Å². The Morgan fingerprint density at radius 1 is 1.44 bits per heavy atom. The summed E-state index contributed by atoms with van der Waals surface area (Å²) >= 11 is 0. The molecule has 0 saturated carbocycles. The van der Waals surface area contributed by atoms with Gasteiger partial charge in [-0.25, -0.2) is 0 Å². The molecule has 96 valence electrons. The molecule has 2 aromatic heterocycles. The van der Waals surface area contributed by atoms with E-state index in [4.69, 9.17) is 5.84 Å². The first-order valence-electron chi connectivity index (χ1n) is 6.11. The fraction of sp³-hybridized carbons (Fsp3) is 0.385. The van der Waals surface area contributed by atoms with Crippen molar-refractivity contribution >= 4 is 0 Å². The van der Waals surface area contributed by atoms with Gasteiger partial charge in [0.25, 0.3) is 0 Å². The number of aryl methyl sites for hydroxylation is 2. The van der Waals surface area contributed by atoms with Crippen LogP contribution >= 0.6 is 0 Å². The van der Waals surface area contributed by atoms with E-state index in [9.17, 15) is 0 Å². The quantitative estimate of drug-likeness (QED) is 0.584. The molecule has 1 unspecified atom stereocenters. The van der Waals surface area contributed by atoms with Gasteiger partial charge in [-0.15, -0.1) is 0 Å². The third-order valence-corrected chi connectivity index (χ3v) is 2.96. The van der Waals surface area contributed by atoms with Crippen LogP contribution in [-0.4, -0.2) is 20.8 Å². The van der Waals surface area contributed by atoms with E-state index in [1.807, 2.05) is 36.3 Å². The molecule has 0 radical (unpaired) electrons. The first-order valence-corrected chi connectivity index (χ1v) is 6.11. The number of rotatable bonds is 6. The minimum absolute atomic E-state index is 0.236. The Balaban J connectivity index is 1.86. The fourth-order valence-electron chi connectivity index (χ4n) is 1.96. The summed E-state index contributed by atoms with van der Waals surface area (Å²) in [5.41, 5.74) is 5.16. The van der Waals surface area contributed by atoms with Crippen molar-refractivity contribution in [3.63, 3.8) is 0 Å². The first-order chi connectivity index (χ1) is 8.78. The van der Waals surface area contributed by atoms with Gasteiger partial charge in [0.1, 0.15) is 0 Å². The van der Waals surface area contributed by atoms with Crippen LogP contribution in [0.4, 0.5) is 0 Å². The summed E-state index contributed by atoms with van der Waals surface area (Å²) in [7, 11) is 1.92. The van der Waals surface area contributed by atoms with E-state index in [2.05, 4.69) is 21.6 Å². The second kappa shape index (κ2) is 6.28. The molecule has 0 aliphatic heterocycles. The van der Waals surface area contributed by atoms with E-state index in [-0.39, 0.29) is 6.04 Å². The number of hydrogen-bond acceptors (Lipinski definition) is 4. The Bertz CT molecular complexity index is 465. The normalized spacial score (nSPS) is 12.6. The maximum absolute atomic E-state index is 5.59. The highest BCUT2D eigenvalue weighted by atomic mass is 15.3. The number of pyridine rings is 1. The molecule has 0 spiro atoms. The number of nitrogens with one attached hydrogen (secondary N) is 1. The second-order valence-corrected chi connectivity index (χ2v) is 4.45. The molecule has 0 aromatic carbocycles. The predicted molar refractivity (Wildman–Crippen MR) is 70.6 cm³/mol. The summed E-state index contributed by atoms with van der Waals surface area (Å²) < 4.78 is 1.81. The zero-order chi connectivity index (χ0) is 12.8. The van der Waals surface area contributed by atoms with Crippen LogP contribution in [0, 0.1) is 0 Å². The van der Waals surface area contributed by atoms with Gasteiger partial charge in [-0.05, 0) is 30.5 Å². The molecule has 0 bridgehead atoms. The third kappa shape index (κ3) is 3.65. The molecule has 18 heavy (non-hydrogen) atoms. The van der Waals surface area contributed by atoms with Crippen molar-refractivity contribution < 1.29 is 0 Å². The zero-order valence-electron chi connectivity index (χ0n) is 10.6. The first kappa shape index (κ1) is 12.7. The lowest BCUT2D eigenvalue weighted by atomic mass is 10.0. The summed E-state index contributed by atoms with van der Waals surface area (Å²) in [6.45, 7) is 0. The highest BCUT2D eigenvalue weighted by Gasteiger charge is 2.09. The summed E-state index contributed by atoms with van der Waals surface area (Å²) in [4.78, 5) is 4.11. The zero-order valence-corrected chi connectivity index (χ0v) is 10.6. The molecule has 5 nitrogen and oxygen atoms in total. The molecule has 0 fully saturated rings. The molecule has 3 N–H and O–H groups in total. The van der Waals surface area contributed by atoms with Crippen molar-refractivity contribution in [1.29, 1.82) is 0 Å². The fourth-order valence-corrected chi connectivity index (χ4v) is 1.96. The SMILES string of the molecule is Cn1ccc(CC(CCc2cccnc2)NN)n1. The van der Waals surface area contributed by atoms with Gasteiger partial charge in [-0.3, -0.25) is 20.9 Å². The van der Waals surface area contributed by atoms with Crippen LogP contribution < -0.4 is 11.3 Å². The minimum atomic E-state index is 0.236. The van der Waals surface area contributed by atoms with Crippen LogP contribution in [0.1, 0.15) is 17.7 Å². The molecular weight excluding hydrogens is 226 g/mol. The Morgan fingerprint density at radius 3 is 2.94 bits per heavy atom. The van der Waals surface area contributed by atoms with E-state index in [0.29, 0.717) is 0 Å². The van der Waals surface area contributed by atoms with E-state index in [1.165, 1.54) is 5.56 Å². The Hall–Kier alpha value is -1.72. The topological polar surface area (TPSA) is 68.8 Å². The molecule has 1 atom stereocenters. The molecule has 0 saturated heterocycles. The van der Waals surface area contributed by atoms with Crippen molar-refractivity contribution in [2.75, 3.05) is 0 Å². The lowest BCUT2D eigenvalue weighted by Gasteiger charge is -2.14. The summed E-state index contributed by atoms with van der Waals surface area (Å²) in [5, 5.41) is 4.36. The van der Waals surface area contributed by atoms with Gasteiger partial charge in [0.05, 0.1) is 5.69 Å². The van der Waals surface area contributed by atoms with Crippen LogP contribution in [0.5, 0.6) is 0 Å². The van der Waals surface area contributed by atoms with Crippen molar-refractivity contribution in [1.82, 2.24) is 20.2 Å². The van der Waals surface area contributed by atoms with E-state index < -0.39 is 0 Å². The van der Waals surface area contributed by atoms with E-state index in [0.717, 1.165) is 25.0 Å². The molecular formula is C13H19N5. The van der Waals surface area contributed by atoms with Crippen molar-refractivity contribution in [3.05, 3.63) is 48.0 Å². The second-order valence-electron chi connectivity index (χ2n) is 4.45. The van der Waals surface area contributed by atoms with Crippen molar-refractivity contribution in [2.24, 2.45) is 12.9 Å². The average Bonchev–Trinajstić information content (AvgIpc) is 2.81. The average molecular weight is 245 g/mol. The maximum atomic E-state index is 5.59. The third-order valence-electron chi connectivity index (χ3n) is 2.96. The number of hydrogen-bond donors (Lipinski definition) is 2. The molecule has 2 aromatic rings. The van der Waals surface area contributed by atoms with Gasteiger partial charge in [-0.1, -0.05) is 6.07 Å². The molecule has 5 heteroatoms. The monoisotopic (exact) mass is 245 g/mol. The summed E-state index contributed by atoms with van der Waals surface area (Å²) in [6, 6.07) is 6.30. The number of nitrogens with zero attached hydrogens (tertiary/aromatic N) is 3. The number of aromatic nitrogens is 3. The number of hydrazine groups is 1. The van der Waals surface area contributed by atoms with Gasteiger partial charge >= 0.3 is 0 Å². The largest absolute Gasteiger partial charge is 0.276 e. The Kier molecular flexibility index (Phi) is 4.44. The van der Waals surface area contributed by atoms with Gasteiger partial charge in [0.15, 0.2) is 0 Å². The highest BCUT2D eigenvalue weighted by Crippen LogP contribution is 2.07. The van der Waals surface area contributed by atoms with Crippen molar-refractivity contribution in [2.45, 2.75) is 25.3 Å². The highest BCUT2D eigenvalue weighted by molar-refractivity contribution is 5.09. The van der Waals surface area contributed by atoms with Crippen LogP contribution in [-0.2, 0) is 19.9 Å². The van der Waals surface area contributed by atoms with E-state index in [1.54, 1.807) is 6.20 Å². The smallest absolute Gasteiger partial charge is 0.0640 e. The van der Waals surface area contributed by atoms with Crippen LogP contribution in [0.15, 0.2) is 36.8 Å². The van der Waals surface area contributed by atoms with E-state index >= 15 is 0 Å². The van der Waals surface area contributed by atoms with Crippen LogP contribution in [0.3, 0.4) is 0 Å². The van der Waals surface area contributed by atoms with Gasteiger partial charge in [0, 0.05) is 38.1 Å². The van der Waals surface area contributed by atoms with Crippen LogP contribution in [0.2, 0.25) is 0 Å². The standard InChI is InChI=1S/C13H19N5/c1-18-8-6-13(17-18)9-12(16-14)5-4-11-3-2-7-15-10-11/h2-3,6-8,10,12,16H,4-5,9,14H2,1H3. The molecule has 2 heterocycles. The molecule has 2 rings (SSSR count). The van der Waals surface area contributed by atoms with Crippen LogP contribution in [0.25, 0.3) is 0 Å².